The summed E-state index contributed by atoms with van der Waals surface area (Å²) in [7, 11) is 3.16. The third kappa shape index (κ3) is 13.0. The van der Waals surface area contributed by atoms with E-state index in [1.807, 2.05) is 65.9 Å². The fraction of sp³-hybridized carbons (Fsp3) is 0.639. The summed E-state index contributed by atoms with van der Waals surface area (Å²) in [6.07, 6.45) is 4.63. The van der Waals surface area contributed by atoms with Crippen LogP contribution in [0.15, 0.2) is 49.2 Å². The Bertz CT molecular complexity index is 2980. The maximum atomic E-state index is 15.2. The molecule has 1 saturated carbocycles. The number of esters is 1. The smallest absolute Gasteiger partial charge is 0.406 e. The predicted octanol–water partition coefficient (Wildman–Crippen LogP) is 6.75. The van der Waals surface area contributed by atoms with Crippen molar-refractivity contribution in [3.05, 3.63) is 66.0 Å². The van der Waals surface area contributed by atoms with E-state index in [1.54, 1.807) is 30.0 Å². The van der Waals surface area contributed by atoms with E-state index in [4.69, 9.17) is 19.2 Å². The number of piperazine rings is 1. The maximum absolute atomic E-state index is 15.2. The van der Waals surface area contributed by atoms with Crippen LogP contribution >= 0.6 is 0 Å². The number of piperidine rings is 1. The Morgan fingerprint density at radius 1 is 1.01 bits per heavy atom. The van der Waals surface area contributed by atoms with E-state index in [2.05, 4.69) is 38.1 Å². The second-order valence-electron chi connectivity index (χ2n) is 25.2. The number of nitrogens with zero attached hydrogens (tertiary/aromatic N) is 9. The van der Waals surface area contributed by atoms with Crippen LogP contribution in [0.25, 0.3) is 27.7 Å². The number of likely N-dealkylation sites (tertiary alicyclic amines) is 1. The van der Waals surface area contributed by atoms with Gasteiger partial charge in [0.1, 0.15) is 30.9 Å². The Hall–Kier alpha value is -6.07. The molecule has 1 aliphatic carbocycles. The van der Waals surface area contributed by atoms with Gasteiger partial charge in [-0.1, -0.05) is 46.4 Å². The van der Waals surface area contributed by atoms with Gasteiger partial charge in [-0.25, -0.2) is 10.2 Å². The lowest BCUT2D eigenvalue weighted by Crippen LogP contribution is -2.64. The highest BCUT2D eigenvalue weighted by Crippen LogP contribution is 2.44. The number of hydrogen-bond donors (Lipinski definition) is 2. The average Bonchev–Trinajstić information content (AvgIpc) is 2.55. The van der Waals surface area contributed by atoms with Crippen LogP contribution in [0.1, 0.15) is 109 Å². The zero-order valence-electron chi connectivity index (χ0n) is 49.6. The van der Waals surface area contributed by atoms with Crippen molar-refractivity contribution < 1.29 is 51.4 Å². The number of rotatable bonds is 11. The monoisotopic (exact) mass is 1160 g/mol. The zero-order chi connectivity index (χ0) is 59.3. The lowest BCUT2D eigenvalue weighted by atomic mass is 9.84. The first kappa shape index (κ1) is 60.1. The van der Waals surface area contributed by atoms with Crippen molar-refractivity contribution in [1.82, 2.24) is 49.8 Å². The normalized spacial score (nSPS) is 25.2. The Balaban J connectivity index is 0.977. The van der Waals surface area contributed by atoms with Gasteiger partial charge in [0, 0.05) is 108 Å². The number of aromatic nitrogens is 2. The van der Waals surface area contributed by atoms with Crippen molar-refractivity contribution in [2.24, 2.45) is 11.3 Å². The van der Waals surface area contributed by atoms with Gasteiger partial charge < -0.3 is 43.7 Å². The highest BCUT2D eigenvalue weighted by molar-refractivity contribution is 5.96. The van der Waals surface area contributed by atoms with E-state index in [0.29, 0.717) is 104 Å². The molecule has 6 atom stereocenters. The molecule has 2 N–H and O–H groups in total. The number of likely N-dealkylation sites (N-methyl/N-ethyl adjacent to an activating group) is 1. The summed E-state index contributed by atoms with van der Waals surface area (Å²) < 4.78 is 65.4. The number of cyclic esters (lactones) is 1. The van der Waals surface area contributed by atoms with Gasteiger partial charge in [-0.3, -0.25) is 39.0 Å². The fourth-order valence-electron chi connectivity index (χ4n) is 13.5. The molecule has 4 saturated heterocycles. The Morgan fingerprint density at radius 3 is 2.42 bits per heavy atom. The number of amides is 5. The minimum absolute atomic E-state index is 0.0723. The van der Waals surface area contributed by atoms with Crippen LogP contribution in [0.3, 0.4) is 0 Å². The average molecular weight is 1160 g/mol. The summed E-state index contributed by atoms with van der Waals surface area (Å²) >= 11 is 0. The third-order valence-corrected chi connectivity index (χ3v) is 18.1. The molecular weight excluding hydrogens is 1070 g/mol. The minimum atomic E-state index is -4.61. The summed E-state index contributed by atoms with van der Waals surface area (Å²) in [6, 6.07) is 4.83. The first-order chi connectivity index (χ1) is 39.5. The molecule has 5 amide bonds. The number of carbonyl (C=O) groups is 5. The van der Waals surface area contributed by atoms with Crippen LogP contribution in [-0.4, -0.2) is 204 Å². The molecule has 5 fully saturated rings. The lowest BCUT2D eigenvalue weighted by molar-refractivity contribution is -0.155. The van der Waals surface area contributed by atoms with E-state index in [0.717, 1.165) is 43.0 Å². The van der Waals surface area contributed by atoms with E-state index < -0.39 is 72.0 Å². The lowest BCUT2D eigenvalue weighted by Gasteiger charge is -2.41. The van der Waals surface area contributed by atoms with E-state index in [9.17, 15) is 24.0 Å². The molecule has 7 aliphatic rings. The molecule has 1 unspecified atom stereocenters. The standard InChI is InChI=1S/C61H84F3N11O8/c1-10-51(76)73-35-60(83-40(73)5)19-23-72(24-20-60)58(80)68(8)53(38(2)3)55(77)66-49-34-69-21-11-13-42(33-69)41-15-18-50-45(29-41)47(31-59(6,7)37-82-57(79)48-14-12-22-75(67-48)56(49)78)54(74(50)36-61(62,63)64)46-30-44(32-65-52(46)39(4)81-9)71-27-25-70(26-28-71)43-16-17-43/h10,13,15,18,29-30,32,38-40,43,48-49,53,67H,1,11-12,14,16-17,19-28,31,33-37H2,2-9H3,(H,66,77)/t39-,40+,48-,49-,53-/m0/s1. The summed E-state index contributed by atoms with van der Waals surface area (Å²) in [5.74, 6) is -2.14. The van der Waals surface area contributed by atoms with Crippen LogP contribution in [0.2, 0.25) is 0 Å². The fourth-order valence-corrected chi connectivity index (χ4v) is 13.5. The molecule has 452 valence electrons. The number of hydrazine groups is 1. The maximum Gasteiger partial charge on any atom is 0.406 e. The van der Waals surface area contributed by atoms with Gasteiger partial charge in [0.05, 0.1) is 48.1 Å². The molecule has 6 aliphatic heterocycles. The van der Waals surface area contributed by atoms with Gasteiger partial charge in [0.15, 0.2) is 0 Å². The first-order valence-electron chi connectivity index (χ1n) is 29.8. The van der Waals surface area contributed by atoms with Gasteiger partial charge in [-0.05, 0) is 112 Å². The SMILES string of the molecule is C=CC(=O)N1CC2(CCN(C(=O)N(C)[C@H](C(=O)N[C@H]3CN4CCC=C(C4)c4ccc5c(c4)c(c(-c4cc(N6CCN(C7CC7)CC6)cnc4[C@H](C)OC)n5CC(F)(F)F)CC(C)(C)COC(=O)[C@@H]4CCCN(N4)C3=O)C(C)C)CC2)O[C@@H]1C. The number of fused-ring (bicyclic) bond motifs is 6. The van der Waals surface area contributed by atoms with Gasteiger partial charge in [-0.2, -0.15) is 13.2 Å². The number of halogens is 3. The molecular formula is C61H84F3N11O8. The Morgan fingerprint density at radius 2 is 1.75 bits per heavy atom. The van der Waals surface area contributed by atoms with Crippen LogP contribution in [0.4, 0.5) is 23.7 Å². The van der Waals surface area contributed by atoms with Crippen molar-refractivity contribution in [2.75, 3.05) is 97.7 Å². The Labute approximate surface area is 485 Å². The second-order valence-corrected chi connectivity index (χ2v) is 25.2. The van der Waals surface area contributed by atoms with E-state index in [-0.39, 0.29) is 44.0 Å². The minimum Gasteiger partial charge on any atom is -0.464 e. The quantitative estimate of drug-likeness (QED) is 0.152. The van der Waals surface area contributed by atoms with E-state index in [1.165, 1.54) is 33.4 Å². The zero-order valence-corrected chi connectivity index (χ0v) is 49.6. The van der Waals surface area contributed by atoms with Crippen LogP contribution in [0.5, 0.6) is 0 Å². The van der Waals surface area contributed by atoms with Crippen molar-refractivity contribution >= 4 is 51.9 Å². The number of alkyl halides is 3. The number of benzene rings is 1. The molecule has 8 heterocycles. The number of pyridine rings is 1. The summed E-state index contributed by atoms with van der Waals surface area (Å²) in [6.45, 7) is 19.1. The molecule has 2 aromatic heterocycles. The van der Waals surface area contributed by atoms with Crippen LogP contribution < -0.4 is 15.6 Å². The number of methoxy groups -OCH3 is 1. The van der Waals surface area contributed by atoms with Crippen molar-refractivity contribution in [3.8, 4) is 11.3 Å². The highest BCUT2D eigenvalue weighted by atomic mass is 19.4. The van der Waals surface area contributed by atoms with Gasteiger partial charge >= 0.3 is 18.2 Å². The summed E-state index contributed by atoms with van der Waals surface area (Å²) in [5, 5.41) is 5.10. The molecule has 0 radical (unpaired) electrons. The second kappa shape index (κ2) is 24.1. The third-order valence-electron chi connectivity index (χ3n) is 18.1. The summed E-state index contributed by atoms with van der Waals surface area (Å²) in [4.78, 5) is 87.6. The Kier molecular flexibility index (Phi) is 17.5. The van der Waals surface area contributed by atoms with Gasteiger partial charge in [0.2, 0.25) is 11.8 Å². The molecule has 1 aromatic carbocycles. The number of urea groups is 1. The molecule has 3 aromatic rings. The van der Waals surface area contributed by atoms with Crippen molar-refractivity contribution in [1.29, 1.82) is 0 Å². The predicted molar refractivity (Wildman–Crippen MR) is 309 cm³/mol. The van der Waals surface area contributed by atoms with Crippen LogP contribution in [-0.2, 0) is 46.4 Å². The van der Waals surface area contributed by atoms with Crippen molar-refractivity contribution in [3.63, 3.8) is 0 Å². The molecule has 22 heteroatoms. The number of anilines is 1. The molecule has 19 nitrogen and oxygen atoms in total. The van der Waals surface area contributed by atoms with Crippen molar-refractivity contribution in [2.45, 2.75) is 148 Å². The topological polar surface area (TPSA) is 178 Å². The highest BCUT2D eigenvalue weighted by Gasteiger charge is 2.48. The summed E-state index contributed by atoms with van der Waals surface area (Å²) in [5.41, 5.74) is 6.73. The van der Waals surface area contributed by atoms with E-state index >= 15 is 13.2 Å². The number of nitrogens with one attached hydrogen (secondary N) is 2. The van der Waals surface area contributed by atoms with Gasteiger partial charge in [0.25, 0.3) is 5.91 Å². The van der Waals surface area contributed by atoms with Gasteiger partial charge in [-0.15, -0.1) is 0 Å². The number of hydrogen-bond acceptors (Lipinski definition) is 13. The number of carbonyl (C=O) groups excluding carboxylic acids is 5. The first-order valence-corrected chi connectivity index (χ1v) is 29.8. The number of ether oxygens (including phenoxy) is 3. The molecule has 1 spiro atoms. The largest absolute Gasteiger partial charge is 0.464 e. The molecule has 6 bridgehead atoms. The van der Waals surface area contributed by atoms with Crippen LogP contribution in [0, 0.1) is 11.3 Å². The molecule has 10 rings (SSSR count). The molecule has 83 heavy (non-hydrogen) atoms.